The van der Waals surface area contributed by atoms with Gasteiger partial charge in [0.05, 0.1) is 0 Å². The molecule has 1 heterocycles. The Labute approximate surface area is 160 Å². The van der Waals surface area contributed by atoms with Gasteiger partial charge in [-0.05, 0) is 69.6 Å². The molecule has 0 atom stereocenters. The molecule has 0 aromatic rings. The lowest BCUT2D eigenvalue weighted by molar-refractivity contribution is -0.123. The van der Waals surface area contributed by atoms with Crippen LogP contribution in [0.3, 0.4) is 0 Å². The van der Waals surface area contributed by atoms with Gasteiger partial charge in [-0.2, -0.15) is 0 Å². The summed E-state index contributed by atoms with van der Waals surface area (Å²) in [6.45, 7) is 7.37. The van der Waals surface area contributed by atoms with Gasteiger partial charge < -0.3 is 16.0 Å². The number of likely N-dealkylation sites (tertiary alicyclic amines) is 1. The average Bonchev–Trinajstić information content (AvgIpc) is 2.56. The van der Waals surface area contributed by atoms with Crippen molar-refractivity contribution in [3.63, 3.8) is 0 Å². The maximum Gasteiger partial charge on any atom is 0.220 e. The van der Waals surface area contributed by atoms with Gasteiger partial charge in [-0.3, -0.25) is 4.79 Å². The monoisotopic (exact) mass is 381 g/mol. The summed E-state index contributed by atoms with van der Waals surface area (Å²) in [6, 6.07) is 0. The van der Waals surface area contributed by atoms with E-state index in [2.05, 4.69) is 17.1 Å². The number of rotatable bonds is 7. The second kappa shape index (κ2) is 12.3. The first-order valence-corrected chi connectivity index (χ1v) is 9.36. The number of halogens is 2. The van der Waals surface area contributed by atoms with Gasteiger partial charge in [0.25, 0.3) is 0 Å². The molecule has 24 heavy (non-hydrogen) atoms. The van der Waals surface area contributed by atoms with Gasteiger partial charge in [-0.1, -0.05) is 26.2 Å². The van der Waals surface area contributed by atoms with Gasteiger partial charge in [0.1, 0.15) is 0 Å². The van der Waals surface area contributed by atoms with E-state index in [9.17, 15) is 4.79 Å². The summed E-state index contributed by atoms with van der Waals surface area (Å²) in [5.41, 5.74) is 6.07. The molecule has 0 unspecified atom stereocenters. The zero-order valence-corrected chi connectivity index (χ0v) is 16.9. The van der Waals surface area contributed by atoms with E-state index in [1.54, 1.807) is 0 Å². The molecule has 1 saturated heterocycles. The van der Waals surface area contributed by atoms with Crippen molar-refractivity contribution in [3.05, 3.63) is 0 Å². The number of hydrogen-bond acceptors (Lipinski definition) is 3. The maximum absolute atomic E-state index is 12.2. The van der Waals surface area contributed by atoms with E-state index in [0.29, 0.717) is 13.0 Å². The third-order valence-electron chi connectivity index (χ3n) is 5.91. The van der Waals surface area contributed by atoms with Crippen molar-refractivity contribution in [2.75, 3.05) is 32.7 Å². The van der Waals surface area contributed by atoms with Crippen molar-refractivity contribution < 1.29 is 4.79 Å². The molecular weight excluding hydrogens is 345 g/mol. The highest BCUT2D eigenvalue weighted by molar-refractivity contribution is 5.85. The number of piperidine rings is 1. The number of nitrogens with two attached hydrogens (primary N) is 1. The minimum absolute atomic E-state index is 0. The van der Waals surface area contributed by atoms with E-state index < -0.39 is 0 Å². The van der Waals surface area contributed by atoms with Crippen LogP contribution in [0.1, 0.15) is 64.7 Å². The molecule has 0 radical (unpaired) electrons. The van der Waals surface area contributed by atoms with Crippen molar-refractivity contribution in [2.45, 2.75) is 64.7 Å². The predicted molar refractivity (Wildman–Crippen MR) is 106 cm³/mol. The predicted octanol–water partition coefficient (Wildman–Crippen LogP) is 3.37. The number of hydrogen-bond donors (Lipinski definition) is 2. The zero-order valence-electron chi connectivity index (χ0n) is 15.2. The number of nitrogens with one attached hydrogen (secondary N) is 1. The Morgan fingerprint density at radius 2 is 1.79 bits per heavy atom. The number of amides is 1. The molecule has 0 bridgehead atoms. The zero-order chi connectivity index (χ0) is 15.8. The molecule has 1 amide bonds. The summed E-state index contributed by atoms with van der Waals surface area (Å²) in [4.78, 5) is 14.8. The smallest absolute Gasteiger partial charge is 0.220 e. The Hall–Kier alpha value is -0.0300. The largest absolute Gasteiger partial charge is 0.356 e. The first-order valence-electron chi connectivity index (χ1n) is 9.36. The number of carbonyl (C=O) groups is 1. The molecule has 1 saturated carbocycles. The van der Waals surface area contributed by atoms with E-state index in [-0.39, 0.29) is 36.1 Å². The summed E-state index contributed by atoms with van der Waals surface area (Å²) in [6.07, 6.45) is 10.4. The first kappa shape index (κ1) is 24.0. The van der Waals surface area contributed by atoms with Gasteiger partial charge in [0.2, 0.25) is 5.91 Å². The van der Waals surface area contributed by atoms with Crippen LogP contribution in [0.15, 0.2) is 0 Å². The standard InChI is InChI=1S/C18H35N3O.2ClH/c1-2-21-12-7-16(8-13-21)6-11-20-17(22)14-18(15-19)9-4-3-5-10-18;;/h16H,2-15,19H2,1H3,(H,20,22);2*1H. The van der Waals surface area contributed by atoms with Crippen LogP contribution in [-0.2, 0) is 4.79 Å². The fraction of sp³-hybridized carbons (Fsp3) is 0.944. The van der Waals surface area contributed by atoms with Crippen molar-refractivity contribution in [3.8, 4) is 0 Å². The fourth-order valence-corrected chi connectivity index (χ4v) is 4.16. The Kier molecular flexibility index (Phi) is 12.3. The lowest BCUT2D eigenvalue weighted by atomic mass is 9.71. The molecular formula is C18H37Cl2N3O. The fourth-order valence-electron chi connectivity index (χ4n) is 4.16. The molecule has 4 nitrogen and oxygen atoms in total. The van der Waals surface area contributed by atoms with Gasteiger partial charge in [-0.25, -0.2) is 0 Å². The molecule has 1 aliphatic heterocycles. The van der Waals surface area contributed by atoms with Crippen molar-refractivity contribution in [1.82, 2.24) is 10.2 Å². The second-order valence-electron chi connectivity index (χ2n) is 7.46. The quantitative estimate of drug-likeness (QED) is 0.710. The third-order valence-corrected chi connectivity index (χ3v) is 5.91. The molecule has 2 rings (SSSR count). The van der Waals surface area contributed by atoms with Crippen LogP contribution >= 0.6 is 24.8 Å². The summed E-state index contributed by atoms with van der Waals surface area (Å²) in [5, 5.41) is 3.15. The molecule has 3 N–H and O–H groups in total. The van der Waals surface area contributed by atoms with Crippen LogP contribution in [0.2, 0.25) is 0 Å². The Morgan fingerprint density at radius 1 is 1.17 bits per heavy atom. The topological polar surface area (TPSA) is 58.4 Å². The van der Waals surface area contributed by atoms with E-state index in [1.807, 2.05) is 0 Å². The molecule has 1 aliphatic carbocycles. The highest BCUT2D eigenvalue weighted by Crippen LogP contribution is 2.38. The van der Waals surface area contributed by atoms with Gasteiger partial charge in [0, 0.05) is 13.0 Å². The van der Waals surface area contributed by atoms with Crippen molar-refractivity contribution >= 4 is 30.7 Å². The second-order valence-corrected chi connectivity index (χ2v) is 7.46. The Morgan fingerprint density at radius 3 is 2.33 bits per heavy atom. The molecule has 144 valence electrons. The normalized spacial score (nSPS) is 21.4. The Balaban J connectivity index is 0.00000264. The highest BCUT2D eigenvalue weighted by atomic mass is 35.5. The van der Waals surface area contributed by atoms with Crippen LogP contribution < -0.4 is 11.1 Å². The first-order chi connectivity index (χ1) is 10.7. The van der Waals surface area contributed by atoms with Crippen molar-refractivity contribution in [1.29, 1.82) is 0 Å². The van der Waals surface area contributed by atoms with Crippen LogP contribution in [0, 0.1) is 11.3 Å². The average molecular weight is 382 g/mol. The lowest BCUT2D eigenvalue weighted by Gasteiger charge is -2.35. The van der Waals surface area contributed by atoms with Gasteiger partial charge in [-0.15, -0.1) is 24.8 Å². The Bertz CT molecular complexity index is 341. The van der Waals surface area contributed by atoms with Gasteiger partial charge >= 0.3 is 0 Å². The minimum Gasteiger partial charge on any atom is -0.356 e. The molecule has 6 heteroatoms. The molecule has 0 aromatic heterocycles. The maximum atomic E-state index is 12.2. The molecule has 2 fully saturated rings. The summed E-state index contributed by atoms with van der Waals surface area (Å²) < 4.78 is 0. The van der Waals surface area contributed by atoms with Crippen LogP contribution in [-0.4, -0.2) is 43.5 Å². The lowest BCUT2D eigenvalue weighted by Crippen LogP contribution is -2.39. The summed E-state index contributed by atoms with van der Waals surface area (Å²) >= 11 is 0. The third kappa shape index (κ3) is 7.47. The summed E-state index contributed by atoms with van der Waals surface area (Å²) in [5.74, 6) is 1.01. The van der Waals surface area contributed by atoms with Crippen LogP contribution in [0.25, 0.3) is 0 Å². The molecule has 0 aromatic carbocycles. The number of nitrogens with zero attached hydrogens (tertiary/aromatic N) is 1. The van der Waals surface area contributed by atoms with Crippen LogP contribution in [0.4, 0.5) is 0 Å². The molecule has 0 spiro atoms. The SMILES string of the molecule is CCN1CCC(CCNC(=O)CC2(CN)CCCCC2)CC1.Cl.Cl. The number of carbonyl (C=O) groups excluding carboxylic acids is 1. The van der Waals surface area contributed by atoms with E-state index in [4.69, 9.17) is 5.73 Å². The van der Waals surface area contributed by atoms with Crippen LogP contribution in [0.5, 0.6) is 0 Å². The van der Waals surface area contributed by atoms with Gasteiger partial charge in [0.15, 0.2) is 0 Å². The van der Waals surface area contributed by atoms with E-state index in [1.165, 1.54) is 51.7 Å². The van der Waals surface area contributed by atoms with E-state index >= 15 is 0 Å². The minimum atomic E-state index is 0. The highest BCUT2D eigenvalue weighted by Gasteiger charge is 2.32. The molecule has 2 aliphatic rings. The van der Waals surface area contributed by atoms with Crippen molar-refractivity contribution in [2.24, 2.45) is 17.1 Å². The summed E-state index contributed by atoms with van der Waals surface area (Å²) in [7, 11) is 0. The van der Waals surface area contributed by atoms with E-state index in [0.717, 1.165) is 31.7 Å².